The lowest BCUT2D eigenvalue weighted by atomic mass is 10.1. The summed E-state index contributed by atoms with van der Waals surface area (Å²) in [6, 6.07) is 11.4. The van der Waals surface area contributed by atoms with E-state index in [-0.39, 0.29) is 5.43 Å². The van der Waals surface area contributed by atoms with Gasteiger partial charge >= 0.3 is 0 Å². The van der Waals surface area contributed by atoms with Crippen molar-refractivity contribution in [1.29, 1.82) is 0 Å². The molecule has 3 rings (SSSR count). The summed E-state index contributed by atoms with van der Waals surface area (Å²) in [4.78, 5) is 12.7. The molecular weight excluding hydrogens is 304 g/mol. The van der Waals surface area contributed by atoms with Crippen LogP contribution < -0.4 is 10.2 Å². The topological polar surface area (TPSA) is 26.3 Å². The Kier molecular flexibility index (Phi) is 3.87. The lowest BCUT2D eigenvalue weighted by Crippen LogP contribution is -2.06. The highest BCUT2D eigenvalue weighted by atomic mass is 35.5. The van der Waals surface area contributed by atoms with Gasteiger partial charge in [0.05, 0.1) is 17.0 Å². The van der Waals surface area contributed by atoms with E-state index in [0.29, 0.717) is 34.1 Å². The minimum Gasteiger partial charge on any atom is -0.492 e. The van der Waals surface area contributed by atoms with Crippen molar-refractivity contribution in [2.75, 3.05) is 6.61 Å². The van der Waals surface area contributed by atoms with Crippen LogP contribution in [-0.4, -0.2) is 6.61 Å². The van der Waals surface area contributed by atoms with Crippen LogP contribution >= 0.6 is 22.9 Å². The van der Waals surface area contributed by atoms with Crippen molar-refractivity contribution >= 4 is 43.1 Å². The molecule has 108 valence electrons. The van der Waals surface area contributed by atoms with E-state index in [1.807, 2.05) is 36.4 Å². The quantitative estimate of drug-likeness (QED) is 0.628. The fraction of sp³-hybridized carbons (Fsp3) is 0.235. The van der Waals surface area contributed by atoms with Crippen LogP contribution in [0, 0.1) is 5.92 Å². The first-order valence-electron chi connectivity index (χ1n) is 6.85. The predicted octanol–water partition coefficient (Wildman–Crippen LogP) is 5.10. The van der Waals surface area contributed by atoms with Crippen molar-refractivity contribution in [3.8, 4) is 5.75 Å². The van der Waals surface area contributed by atoms with Crippen molar-refractivity contribution < 1.29 is 4.74 Å². The summed E-state index contributed by atoms with van der Waals surface area (Å²) >= 11 is 7.99. The minimum absolute atomic E-state index is 0.0284. The number of ether oxygens (including phenoxy) is 1. The molecule has 0 N–H and O–H groups in total. The molecule has 3 aromatic rings. The molecule has 0 aliphatic carbocycles. The van der Waals surface area contributed by atoms with Crippen molar-refractivity contribution in [1.82, 2.24) is 0 Å². The Bertz CT molecular complexity index is 868. The average Bonchev–Trinajstić information content (AvgIpc) is 2.46. The van der Waals surface area contributed by atoms with Crippen LogP contribution in [0.3, 0.4) is 0 Å². The van der Waals surface area contributed by atoms with E-state index in [0.717, 1.165) is 9.40 Å². The smallest absolute Gasteiger partial charge is 0.197 e. The molecule has 0 fully saturated rings. The Morgan fingerprint density at radius 3 is 2.67 bits per heavy atom. The first kappa shape index (κ1) is 14.4. The van der Waals surface area contributed by atoms with Gasteiger partial charge in [-0.25, -0.2) is 0 Å². The Morgan fingerprint density at radius 1 is 1.14 bits per heavy atom. The van der Waals surface area contributed by atoms with Crippen LogP contribution in [0.5, 0.6) is 5.75 Å². The minimum atomic E-state index is -0.0284. The Labute approximate surface area is 131 Å². The molecule has 4 heteroatoms. The molecule has 21 heavy (non-hydrogen) atoms. The van der Waals surface area contributed by atoms with Crippen LogP contribution in [0.25, 0.3) is 20.2 Å². The van der Waals surface area contributed by atoms with Crippen LogP contribution in [0.1, 0.15) is 13.8 Å². The first-order valence-corrected chi connectivity index (χ1v) is 8.04. The van der Waals surface area contributed by atoms with Gasteiger partial charge in [-0.3, -0.25) is 4.79 Å². The standard InChI is InChI=1S/C17H15ClO2S/c1-10(2)9-20-12-7-8-14-15(16(12)18)17(19)11-5-3-4-6-13(11)21-14/h3-8,10H,9H2,1-2H3. The van der Waals surface area contributed by atoms with Crippen molar-refractivity contribution in [2.24, 2.45) is 5.92 Å². The maximum absolute atomic E-state index is 12.7. The Morgan fingerprint density at radius 2 is 1.90 bits per heavy atom. The average molecular weight is 319 g/mol. The third-order valence-corrected chi connectivity index (χ3v) is 4.73. The number of halogens is 1. The fourth-order valence-corrected chi connectivity index (χ4v) is 3.65. The molecule has 1 aromatic heterocycles. The summed E-state index contributed by atoms with van der Waals surface area (Å²) in [5, 5.41) is 1.68. The van der Waals surface area contributed by atoms with Crippen LogP contribution in [0.4, 0.5) is 0 Å². The number of rotatable bonds is 3. The van der Waals surface area contributed by atoms with E-state index in [1.54, 1.807) is 11.3 Å². The second-order valence-corrected chi connectivity index (χ2v) is 6.84. The summed E-state index contributed by atoms with van der Waals surface area (Å²) in [7, 11) is 0. The fourth-order valence-electron chi connectivity index (χ4n) is 2.20. The van der Waals surface area contributed by atoms with Gasteiger partial charge in [0, 0.05) is 14.8 Å². The summed E-state index contributed by atoms with van der Waals surface area (Å²) in [6.07, 6.45) is 0. The zero-order chi connectivity index (χ0) is 15.0. The van der Waals surface area contributed by atoms with E-state index in [2.05, 4.69) is 13.8 Å². The van der Waals surface area contributed by atoms with Crippen LogP contribution in [0.15, 0.2) is 41.2 Å². The number of benzene rings is 2. The molecule has 2 nitrogen and oxygen atoms in total. The Balaban J connectivity index is 2.25. The zero-order valence-corrected chi connectivity index (χ0v) is 13.4. The highest BCUT2D eigenvalue weighted by Crippen LogP contribution is 2.35. The van der Waals surface area contributed by atoms with Gasteiger partial charge < -0.3 is 4.74 Å². The third-order valence-electron chi connectivity index (χ3n) is 3.22. The lowest BCUT2D eigenvalue weighted by Gasteiger charge is -2.11. The third kappa shape index (κ3) is 2.63. The number of fused-ring (bicyclic) bond motifs is 2. The summed E-state index contributed by atoms with van der Waals surface area (Å²) in [5.74, 6) is 0.986. The molecule has 1 heterocycles. The highest BCUT2D eigenvalue weighted by Gasteiger charge is 2.13. The predicted molar refractivity (Wildman–Crippen MR) is 90.9 cm³/mol. The molecule has 0 amide bonds. The molecule has 0 saturated heterocycles. The van der Waals surface area contributed by atoms with Gasteiger partial charge in [-0.1, -0.05) is 37.6 Å². The normalized spacial score (nSPS) is 11.4. The SMILES string of the molecule is CC(C)COc1ccc2sc3ccccc3c(=O)c2c1Cl. The lowest BCUT2D eigenvalue weighted by molar-refractivity contribution is 0.271. The van der Waals surface area contributed by atoms with E-state index in [4.69, 9.17) is 16.3 Å². The maximum atomic E-state index is 12.7. The molecule has 2 aromatic carbocycles. The first-order chi connectivity index (χ1) is 10.1. The number of hydrogen-bond donors (Lipinski definition) is 0. The van der Waals surface area contributed by atoms with Crippen molar-refractivity contribution in [3.63, 3.8) is 0 Å². The molecule has 0 bridgehead atoms. The van der Waals surface area contributed by atoms with Crippen molar-refractivity contribution in [2.45, 2.75) is 13.8 Å². The summed E-state index contributed by atoms with van der Waals surface area (Å²) in [6.45, 7) is 4.73. The van der Waals surface area contributed by atoms with Gasteiger partial charge in [-0.05, 0) is 30.2 Å². The largest absolute Gasteiger partial charge is 0.492 e. The second-order valence-electron chi connectivity index (χ2n) is 5.38. The molecule has 0 radical (unpaired) electrons. The molecule has 0 aliphatic rings. The van der Waals surface area contributed by atoms with Gasteiger partial charge in [-0.15, -0.1) is 11.3 Å². The van der Waals surface area contributed by atoms with Gasteiger partial charge in [0.15, 0.2) is 5.43 Å². The monoisotopic (exact) mass is 318 g/mol. The summed E-state index contributed by atoms with van der Waals surface area (Å²) < 4.78 is 7.57. The van der Waals surface area contributed by atoms with Crippen LogP contribution in [0.2, 0.25) is 5.02 Å². The molecular formula is C17H15ClO2S. The second kappa shape index (κ2) is 5.66. The molecule has 0 aliphatic heterocycles. The molecule has 0 spiro atoms. The highest BCUT2D eigenvalue weighted by molar-refractivity contribution is 7.24. The van der Waals surface area contributed by atoms with Gasteiger partial charge in [-0.2, -0.15) is 0 Å². The van der Waals surface area contributed by atoms with Gasteiger partial charge in [0.2, 0.25) is 0 Å². The van der Waals surface area contributed by atoms with Gasteiger partial charge in [0.1, 0.15) is 5.75 Å². The van der Waals surface area contributed by atoms with Gasteiger partial charge in [0.25, 0.3) is 0 Å². The zero-order valence-electron chi connectivity index (χ0n) is 11.9. The van der Waals surface area contributed by atoms with Crippen LogP contribution in [-0.2, 0) is 0 Å². The Hall–Kier alpha value is -1.58. The van der Waals surface area contributed by atoms with E-state index in [1.165, 1.54) is 0 Å². The maximum Gasteiger partial charge on any atom is 0.197 e. The van der Waals surface area contributed by atoms with E-state index < -0.39 is 0 Å². The molecule has 0 atom stereocenters. The van der Waals surface area contributed by atoms with E-state index in [9.17, 15) is 4.79 Å². The van der Waals surface area contributed by atoms with Crippen molar-refractivity contribution in [3.05, 3.63) is 51.6 Å². The molecule has 0 saturated carbocycles. The van der Waals surface area contributed by atoms with E-state index >= 15 is 0 Å². The number of hydrogen-bond acceptors (Lipinski definition) is 3. The summed E-state index contributed by atoms with van der Waals surface area (Å²) in [5.41, 5.74) is -0.0284. The molecule has 0 unspecified atom stereocenters.